The fraction of sp³-hybridized carbons (Fsp3) is 0.609. The molecule has 0 aromatic heterocycles. The number of piperazine rings is 1. The van der Waals surface area contributed by atoms with Gasteiger partial charge in [0.2, 0.25) is 5.91 Å². The van der Waals surface area contributed by atoms with Crippen LogP contribution in [-0.2, 0) is 14.3 Å². The molecule has 1 heterocycles. The highest BCUT2D eigenvalue weighted by molar-refractivity contribution is 6.01. The van der Waals surface area contributed by atoms with Crippen LogP contribution in [0.25, 0.3) is 0 Å². The van der Waals surface area contributed by atoms with Gasteiger partial charge < -0.3 is 19.7 Å². The molecule has 2 amide bonds. The third kappa shape index (κ3) is 5.74. The molecular formula is C23H32N2O5. The predicted molar refractivity (Wildman–Crippen MR) is 112 cm³/mol. The van der Waals surface area contributed by atoms with Crippen molar-refractivity contribution in [2.24, 2.45) is 5.92 Å². The quantitative estimate of drug-likeness (QED) is 0.691. The number of rotatable bonds is 7. The van der Waals surface area contributed by atoms with Crippen LogP contribution in [0.1, 0.15) is 62.7 Å². The maximum Gasteiger partial charge on any atom is 0.308 e. The molecule has 1 aliphatic heterocycles. The molecule has 0 radical (unpaired) electrons. The molecule has 2 fully saturated rings. The molecule has 1 aliphatic carbocycles. The van der Waals surface area contributed by atoms with Crippen molar-refractivity contribution in [1.29, 1.82) is 0 Å². The van der Waals surface area contributed by atoms with Crippen LogP contribution in [0, 0.1) is 5.92 Å². The van der Waals surface area contributed by atoms with Crippen molar-refractivity contribution in [2.45, 2.75) is 64.5 Å². The molecule has 164 valence electrons. The lowest BCUT2D eigenvalue weighted by Crippen LogP contribution is -2.58. The summed E-state index contributed by atoms with van der Waals surface area (Å²) in [6.07, 6.45) is 4.80. The minimum Gasteiger partial charge on any atom is -0.492 e. The lowest BCUT2D eigenvalue weighted by atomic mass is 9.98. The number of carbonyl (C=O) groups is 3. The van der Waals surface area contributed by atoms with E-state index in [1.54, 1.807) is 18.2 Å². The van der Waals surface area contributed by atoms with Crippen LogP contribution in [0.4, 0.5) is 0 Å². The zero-order chi connectivity index (χ0) is 21.5. The number of para-hydroxylation sites is 1. The van der Waals surface area contributed by atoms with E-state index < -0.39 is 12.0 Å². The second-order valence-corrected chi connectivity index (χ2v) is 8.46. The van der Waals surface area contributed by atoms with Crippen LogP contribution in [0.3, 0.4) is 0 Å². The molecule has 3 rings (SSSR count). The summed E-state index contributed by atoms with van der Waals surface area (Å²) >= 11 is 0. The van der Waals surface area contributed by atoms with Gasteiger partial charge in [-0.2, -0.15) is 0 Å². The van der Waals surface area contributed by atoms with Crippen LogP contribution >= 0.6 is 0 Å². The van der Waals surface area contributed by atoms with Gasteiger partial charge in [0.1, 0.15) is 17.9 Å². The van der Waals surface area contributed by atoms with E-state index in [1.165, 1.54) is 11.3 Å². The van der Waals surface area contributed by atoms with Crippen molar-refractivity contribution in [3.63, 3.8) is 0 Å². The average Bonchev–Trinajstić information content (AvgIpc) is 2.74. The molecule has 7 heteroatoms. The molecular weight excluding hydrogens is 384 g/mol. The number of esters is 1. The fourth-order valence-electron chi connectivity index (χ4n) is 3.92. The van der Waals surface area contributed by atoms with Gasteiger partial charge in [0.15, 0.2) is 0 Å². The van der Waals surface area contributed by atoms with Gasteiger partial charge in [-0.15, -0.1) is 0 Å². The lowest BCUT2D eigenvalue weighted by molar-refractivity contribution is -0.153. The Balaban J connectivity index is 1.71. The topological polar surface area (TPSA) is 84.9 Å². The number of hydrogen-bond acceptors (Lipinski definition) is 5. The normalized spacial score (nSPS) is 20.0. The number of nitrogens with zero attached hydrogens (tertiary/aromatic N) is 1. The molecule has 30 heavy (non-hydrogen) atoms. The van der Waals surface area contributed by atoms with Gasteiger partial charge in [-0.05, 0) is 43.7 Å². The first-order chi connectivity index (χ1) is 14.5. The van der Waals surface area contributed by atoms with Crippen molar-refractivity contribution in [1.82, 2.24) is 10.2 Å². The summed E-state index contributed by atoms with van der Waals surface area (Å²) in [5.74, 6) is -0.247. The molecule has 1 N–H and O–H groups in total. The summed E-state index contributed by atoms with van der Waals surface area (Å²) in [6.45, 7) is 5.25. The Labute approximate surface area is 178 Å². The Bertz CT molecular complexity index is 758. The van der Waals surface area contributed by atoms with Crippen molar-refractivity contribution in [3.8, 4) is 5.75 Å². The smallest absolute Gasteiger partial charge is 0.308 e. The fourth-order valence-corrected chi connectivity index (χ4v) is 3.92. The monoisotopic (exact) mass is 416 g/mol. The van der Waals surface area contributed by atoms with E-state index in [0.717, 1.165) is 25.7 Å². The summed E-state index contributed by atoms with van der Waals surface area (Å²) in [5, 5.41) is 2.76. The van der Waals surface area contributed by atoms with Gasteiger partial charge in [0.05, 0.1) is 18.6 Å². The average molecular weight is 417 g/mol. The van der Waals surface area contributed by atoms with Gasteiger partial charge in [0.25, 0.3) is 5.91 Å². The van der Waals surface area contributed by atoms with Crippen molar-refractivity contribution in [2.75, 3.05) is 19.7 Å². The van der Waals surface area contributed by atoms with Gasteiger partial charge in [-0.25, -0.2) is 0 Å². The number of nitrogens with one attached hydrogen (secondary N) is 1. The van der Waals surface area contributed by atoms with E-state index in [4.69, 9.17) is 9.47 Å². The van der Waals surface area contributed by atoms with Crippen LogP contribution in [0.15, 0.2) is 24.3 Å². The zero-order valence-electron chi connectivity index (χ0n) is 17.9. The molecule has 2 aliphatic rings. The van der Waals surface area contributed by atoms with E-state index in [0.29, 0.717) is 36.9 Å². The maximum atomic E-state index is 13.3. The zero-order valence-corrected chi connectivity index (χ0v) is 17.9. The van der Waals surface area contributed by atoms with Crippen LogP contribution in [0.5, 0.6) is 5.75 Å². The lowest BCUT2D eigenvalue weighted by Gasteiger charge is -2.35. The van der Waals surface area contributed by atoms with Gasteiger partial charge in [-0.1, -0.05) is 32.4 Å². The summed E-state index contributed by atoms with van der Waals surface area (Å²) < 4.78 is 11.4. The second kappa shape index (κ2) is 10.5. The summed E-state index contributed by atoms with van der Waals surface area (Å²) in [6, 6.07) is 6.16. The first-order valence-electron chi connectivity index (χ1n) is 11.0. The van der Waals surface area contributed by atoms with Crippen LogP contribution in [0.2, 0.25) is 0 Å². The number of carbonyl (C=O) groups excluding carboxylic acids is 3. The third-order valence-corrected chi connectivity index (χ3v) is 5.49. The Morgan fingerprint density at radius 2 is 1.90 bits per heavy atom. The van der Waals surface area contributed by atoms with E-state index in [-0.39, 0.29) is 24.3 Å². The molecule has 0 bridgehead atoms. The van der Waals surface area contributed by atoms with Gasteiger partial charge in [0, 0.05) is 13.1 Å². The summed E-state index contributed by atoms with van der Waals surface area (Å²) in [5.41, 5.74) is 0.401. The minimum atomic E-state index is -0.875. The van der Waals surface area contributed by atoms with E-state index in [2.05, 4.69) is 5.32 Å². The first-order valence-corrected chi connectivity index (χ1v) is 11.0. The maximum absolute atomic E-state index is 13.3. The molecule has 0 unspecified atom stereocenters. The minimum absolute atomic E-state index is 0.0767. The standard InChI is InChI=1S/C23H32N2O5/c1-16(2)15-29-20-11-7-6-10-18(20)23(28)25-13-12-24-22(27)19(25)14-21(26)30-17-8-4-3-5-9-17/h6-7,10-11,16-17,19H,3-5,8-9,12-15H2,1-2H3,(H,24,27)/t19-/m0/s1. The highest BCUT2D eigenvalue weighted by atomic mass is 16.5. The molecule has 1 aromatic rings. The summed E-state index contributed by atoms with van der Waals surface area (Å²) in [4.78, 5) is 39.8. The largest absolute Gasteiger partial charge is 0.492 e. The van der Waals surface area contributed by atoms with Crippen molar-refractivity contribution < 1.29 is 23.9 Å². The SMILES string of the molecule is CC(C)COc1ccccc1C(=O)N1CCNC(=O)[C@@H]1CC(=O)OC1CCCCC1. The molecule has 1 saturated carbocycles. The Morgan fingerprint density at radius 1 is 1.17 bits per heavy atom. The highest BCUT2D eigenvalue weighted by Crippen LogP contribution is 2.24. The Hall–Kier alpha value is -2.57. The predicted octanol–water partition coefficient (Wildman–Crippen LogP) is 2.93. The molecule has 0 spiro atoms. The molecule has 1 saturated heterocycles. The van der Waals surface area contributed by atoms with E-state index >= 15 is 0 Å². The van der Waals surface area contributed by atoms with Crippen molar-refractivity contribution in [3.05, 3.63) is 29.8 Å². The van der Waals surface area contributed by atoms with Gasteiger partial charge >= 0.3 is 5.97 Å². The van der Waals surface area contributed by atoms with Crippen LogP contribution < -0.4 is 10.1 Å². The second-order valence-electron chi connectivity index (χ2n) is 8.46. The molecule has 7 nitrogen and oxygen atoms in total. The highest BCUT2D eigenvalue weighted by Gasteiger charge is 2.37. The third-order valence-electron chi connectivity index (χ3n) is 5.49. The summed E-state index contributed by atoms with van der Waals surface area (Å²) in [7, 11) is 0. The number of amides is 2. The van der Waals surface area contributed by atoms with Crippen LogP contribution in [-0.4, -0.2) is 54.5 Å². The Kier molecular flexibility index (Phi) is 7.71. The van der Waals surface area contributed by atoms with E-state index in [9.17, 15) is 14.4 Å². The van der Waals surface area contributed by atoms with Gasteiger partial charge in [-0.3, -0.25) is 14.4 Å². The van der Waals surface area contributed by atoms with Crippen molar-refractivity contribution >= 4 is 17.8 Å². The number of benzene rings is 1. The first kappa shape index (κ1) is 22.1. The Morgan fingerprint density at radius 3 is 2.63 bits per heavy atom. The number of ether oxygens (including phenoxy) is 2. The molecule has 1 atom stereocenters. The molecule has 1 aromatic carbocycles. The number of hydrogen-bond donors (Lipinski definition) is 1. The van der Waals surface area contributed by atoms with E-state index in [1.807, 2.05) is 19.9 Å².